The Morgan fingerprint density at radius 3 is 2.75 bits per heavy atom. The SMILES string of the molecule is NC(Cn1ccnc1)c1ccc(F)c(F)c1. The lowest BCUT2D eigenvalue weighted by Gasteiger charge is -2.12. The summed E-state index contributed by atoms with van der Waals surface area (Å²) in [6, 6.07) is 3.30. The molecular weight excluding hydrogens is 212 g/mol. The van der Waals surface area contributed by atoms with Crippen molar-refractivity contribution in [2.24, 2.45) is 5.73 Å². The molecule has 0 radical (unpaired) electrons. The van der Waals surface area contributed by atoms with Gasteiger partial charge in [0.2, 0.25) is 0 Å². The summed E-state index contributed by atoms with van der Waals surface area (Å²) in [7, 11) is 0. The van der Waals surface area contributed by atoms with Crippen LogP contribution in [0.4, 0.5) is 8.78 Å². The van der Waals surface area contributed by atoms with Crippen LogP contribution in [0.2, 0.25) is 0 Å². The molecule has 0 saturated carbocycles. The molecule has 5 heteroatoms. The minimum absolute atomic E-state index is 0.385. The summed E-state index contributed by atoms with van der Waals surface area (Å²) in [5, 5.41) is 0. The number of imidazole rings is 1. The molecule has 1 atom stereocenters. The number of benzene rings is 1. The van der Waals surface area contributed by atoms with Gasteiger partial charge in [-0.15, -0.1) is 0 Å². The molecular formula is C11H11F2N3. The fourth-order valence-electron chi connectivity index (χ4n) is 1.47. The third-order valence-corrected chi connectivity index (χ3v) is 2.34. The number of hydrogen-bond donors (Lipinski definition) is 1. The van der Waals surface area contributed by atoms with Crippen LogP contribution in [-0.2, 0) is 6.54 Å². The van der Waals surface area contributed by atoms with Crippen molar-refractivity contribution in [3.05, 3.63) is 54.1 Å². The Morgan fingerprint density at radius 1 is 1.31 bits per heavy atom. The number of hydrogen-bond acceptors (Lipinski definition) is 2. The van der Waals surface area contributed by atoms with Crippen molar-refractivity contribution < 1.29 is 8.78 Å². The molecule has 0 spiro atoms. The third-order valence-electron chi connectivity index (χ3n) is 2.34. The summed E-state index contributed by atoms with van der Waals surface area (Å²) in [6.45, 7) is 0.477. The topological polar surface area (TPSA) is 43.8 Å². The molecule has 0 bridgehead atoms. The molecule has 3 nitrogen and oxygen atoms in total. The zero-order valence-electron chi connectivity index (χ0n) is 8.48. The zero-order valence-corrected chi connectivity index (χ0v) is 8.48. The number of halogens is 2. The van der Waals surface area contributed by atoms with Crippen LogP contribution in [-0.4, -0.2) is 9.55 Å². The van der Waals surface area contributed by atoms with Gasteiger partial charge in [0.1, 0.15) is 0 Å². The first-order chi connectivity index (χ1) is 7.66. The van der Waals surface area contributed by atoms with E-state index in [2.05, 4.69) is 4.98 Å². The molecule has 1 unspecified atom stereocenters. The van der Waals surface area contributed by atoms with Crippen LogP contribution >= 0.6 is 0 Å². The second-order valence-electron chi connectivity index (χ2n) is 3.54. The lowest BCUT2D eigenvalue weighted by Crippen LogP contribution is -2.17. The average molecular weight is 223 g/mol. The highest BCUT2D eigenvalue weighted by Crippen LogP contribution is 2.15. The van der Waals surface area contributed by atoms with Gasteiger partial charge in [0.25, 0.3) is 0 Å². The number of nitrogens with zero attached hydrogens (tertiary/aromatic N) is 2. The second kappa shape index (κ2) is 4.40. The minimum Gasteiger partial charge on any atom is -0.336 e. The average Bonchev–Trinajstić information content (AvgIpc) is 2.74. The molecule has 2 N–H and O–H groups in total. The van der Waals surface area contributed by atoms with E-state index in [0.717, 1.165) is 12.1 Å². The van der Waals surface area contributed by atoms with E-state index in [1.807, 2.05) is 0 Å². The van der Waals surface area contributed by atoms with Crippen LogP contribution in [0, 0.1) is 11.6 Å². The van der Waals surface area contributed by atoms with Crippen molar-refractivity contribution >= 4 is 0 Å². The van der Waals surface area contributed by atoms with Crippen LogP contribution in [0.1, 0.15) is 11.6 Å². The van der Waals surface area contributed by atoms with Crippen LogP contribution in [0.3, 0.4) is 0 Å². The molecule has 1 aromatic carbocycles. The standard InChI is InChI=1S/C11H11F2N3/c12-9-2-1-8(5-10(9)13)11(14)6-16-4-3-15-7-16/h1-5,7,11H,6,14H2. The van der Waals surface area contributed by atoms with Crippen LogP contribution in [0.5, 0.6) is 0 Å². The van der Waals surface area contributed by atoms with Gasteiger partial charge in [0.05, 0.1) is 6.33 Å². The molecule has 1 heterocycles. The van der Waals surface area contributed by atoms with Gasteiger partial charge >= 0.3 is 0 Å². The second-order valence-corrected chi connectivity index (χ2v) is 3.54. The van der Waals surface area contributed by atoms with E-state index >= 15 is 0 Å². The highest BCUT2D eigenvalue weighted by Gasteiger charge is 2.09. The quantitative estimate of drug-likeness (QED) is 0.863. The smallest absolute Gasteiger partial charge is 0.159 e. The van der Waals surface area contributed by atoms with E-state index in [4.69, 9.17) is 5.73 Å². The normalized spacial score (nSPS) is 12.7. The number of nitrogens with two attached hydrogens (primary N) is 1. The van der Waals surface area contributed by atoms with Crippen molar-refractivity contribution in [1.82, 2.24) is 9.55 Å². The summed E-state index contributed by atoms with van der Waals surface area (Å²) in [4.78, 5) is 3.87. The Labute approximate surface area is 91.5 Å². The fraction of sp³-hybridized carbons (Fsp3) is 0.182. The maximum absolute atomic E-state index is 13.0. The molecule has 0 aliphatic carbocycles. The fourth-order valence-corrected chi connectivity index (χ4v) is 1.47. The lowest BCUT2D eigenvalue weighted by molar-refractivity contribution is 0.501. The number of rotatable bonds is 3. The van der Waals surface area contributed by atoms with Crippen molar-refractivity contribution in [3.8, 4) is 0 Å². The summed E-state index contributed by atoms with van der Waals surface area (Å²) in [5.74, 6) is -1.74. The number of aromatic nitrogens is 2. The Morgan fingerprint density at radius 2 is 2.12 bits per heavy atom. The Bertz CT molecular complexity index is 468. The van der Waals surface area contributed by atoms with Gasteiger partial charge in [0.15, 0.2) is 11.6 Å². The van der Waals surface area contributed by atoms with Gasteiger partial charge in [0, 0.05) is 25.0 Å². The van der Waals surface area contributed by atoms with Crippen molar-refractivity contribution in [2.45, 2.75) is 12.6 Å². The first-order valence-electron chi connectivity index (χ1n) is 4.83. The zero-order chi connectivity index (χ0) is 11.5. The Hall–Kier alpha value is -1.75. The molecule has 0 fully saturated rings. The highest BCUT2D eigenvalue weighted by molar-refractivity contribution is 5.20. The van der Waals surface area contributed by atoms with E-state index in [1.54, 1.807) is 23.3 Å². The van der Waals surface area contributed by atoms with Crippen LogP contribution in [0.15, 0.2) is 36.9 Å². The van der Waals surface area contributed by atoms with E-state index in [-0.39, 0.29) is 6.04 Å². The predicted octanol–water partition coefficient (Wildman–Crippen LogP) is 1.86. The molecule has 2 aromatic rings. The molecule has 0 aliphatic heterocycles. The maximum atomic E-state index is 13.0. The predicted molar refractivity (Wildman–Crippen MR) is 55.5 cm³/mol. The van der Waals surface area contributed by atoms with Crippen molar-refractivity contribution in [2.75, 3.05) is 0 Å². The minimum atomic E-state index is -0.876. The first kappa shape index (κ1) is 10.8. The molecule has 2 rings (SSSR count). The van der Waals surface area contributed by atoms with Gasteiger partial charge in [-0.2, -0.15) is 0 Å². The Balaban J connectivity index is 2.14. The summed E-state index contributed by atoms with van der Waals surface area (Å²) in [6.07, 6.45) is 5.03. The van der Waals surface area contributed by atoms with E-state index < -0.39 is 11.6 Å². The largest absolute Gasteiger partial charge is 0.336 e. The lowest BCUT2D eigenvalue weighted by atomic mass is 10.1. The molecule has 0 saturated heterocycles. The molecule has 84 valence electrons. The van der Waals surface area contributed by atoms with Gasteiger partial charge < -0.3 is 10.3 Å². The molecule has 0 aliphatic rings. The van der Waals surface area contributed by atoms with E-state index in [9.17, 15) is 8.78 Å². The molecule has 1 aromatic heterocycles. The van der Waals surface area contributed by atoms with Gasteiger partial charge in [-0.05, 0) is 17.7 Å². The van der Waals surface area contributed by atoms with Crippen molar-refractivity contribution in [1.29, 1.82) is 0 Å². The van der Waals surface area contributed by atoms with Gasteiger partial charge in [-0.25, -0.2) is 13.8 Å². The van der Waals surface area contributed by atoms with Crippen LogP contribution < -0.4 is 5.73 Å². The van der Waals surface area contributed by atoms with E-state index in [1.165, 1.54) is 6.07 Å². The molecule has 0 amide bonds. The summed E-state index contributed by atoms with van der Waals surface area (Å²) >= 11 is 0. The monoisotopic (exact) mass is 223 g/mol. The summed E-state index contributed by atoms with van der Waals surface area (Å²) < 4.78 is 27.5. The summed E-state index contributed by atoms with van der Waals surface area (Å²) in [5.41, 5.74) is 6.43. The Kier molecular flexibility index (Phi) is 2.96. The van der Waals surface area contributed by atoms with Gasteiger partial charge in [-0.1, -0.05) is 6.07 Å². The van der Waals surface area contributed by atoms with Gasteiger partial charge in [-0.3, -0.25) is 0 Å². The van der Waals surface area contributed by atoms with E-state index in [0.29, 0.717) is 12.1 Å². The third kappa shape index (κ3) is 2.25. The highest BCUT2D eigenvalue weighted by atomic mass is 19.2. The van der Waals surface area contributed by atoms with Crippen LogP contribution in [0.25, 0.3) is 0 Å². The maximum Gasteiger partial charge on any atom is 0.159 e. The first-order valence-corrected chi connectivity index (χ1v) is 4.83. The molecule has 16 heavy (non-hydrogen) atoms. The van der Waals surface area contributed by atoms with Crippen molar-refractivity contribution in [3.63, 3.8) is 0 Å².